The Balaban J connectivity index is 4.66. The molecule has 1 N–H and O–H groups in total. The zero-order valence-corrected chi connectivity index (χ0v) is 7.83. The van der Waals surface area contributed by atoms with Crippen molar-refractivity contribution in [2.75, 3.05) is 7.11 Å². The van der Waals surface area contributed by atoms with Gasteiger partial charge in [0.15, 0.2) is 5.78 Å². The quantitative estimate of drug-likeness (QED) is 0.309. The SMILES string of the molecule is COC(=O)/C=C/C(C(C)=O)=C(/C)O. The number of ether oxygens (including phenoxy) is 1. The van der Waals surface area contributed by atoms with Crippen molar-refractivity contribution in [3.8, 4) is 0 Å². The van der Waals surface area contributed by atoms with Gasteiger partial charge in [0.1, 0.15) is 0 Å². The number of aliphatic hydroxyl groups excluding tert-OH is 1. The Hall–Kier alpha value is -1.58. The van der Waals surface area contributed by atoms with Crippen LogP contribution in [0.1, 0.15) is 13.8 Å². The molecule has 0 radical (unpaired) electrons. The maximum atomic E-state index is 10.9. The van der Waals surface area contributed by atoms with E-state index in [9.17, 15) is 9.59 Å². The maximum Gasteiger partial charge on any atom is 0.330 e. The molecule has 0 aromatic rings. The summed E-state index contributed by atoms with van der Waals surface area (Å²) in [6, 6.07) is 0. The molecule has 0 amide bonds. The fraction of sp³-hybridized carbons (Fsp3) is 0.333. The van der Waals surface area contributed by atoms with Gasteiger partial charge >= 0.3 is 5.97 Å². The topological polar surface area (TPSA) is 63.6 Å². The van der Waals surface area contributed by atoms with Gasteiger partial charge in [0, 0.05) is 6.08 Å². The van der Waals surface area contributed by atoms with Crippen molar-refractivity contribution in [2.24, 2.45) is 0 Å². The van der Waals surface area contributed by atoms with E-state index in [1.54, 1.807) is 0 Å². The Kier molecular flexibility index (Phi) is 4.51. The van der Waals surface area contributed by atoms with E-state index in [-0.39, 0.29) is 17.1 Å². The van der Waals surface area contributed by atoms with Gasteiger partial charge in [0.05, 0.1) is 18.4 Å². The second-order valence-corrected chi connectivity index (χ2v) is 2.41. The van der Waals surface area contributed by atoms with Crippen LogP contribution >= 0.6 is 0 Å². The van der Waals surface area contributed by atoms with Gasteiger partial charge in [-0.2, -0.15) is 0 Å². The summed E-state index contributed by atoms with van der Waals surface area (Å²) in [4.78, 5) is 21.5. The summed E-state index contributed by atoms with van der Waals surface area (Å²) in [6.07, 6.45) is 2.31. The number of aliphatic hydroxyl groups is 1. The molecular formula is C9H12O4. The number of allylic oxidation sites excluding steroid dienone is 3. The first-order valence-corrected chi connectivity index (χ1v) is 3.65. The monoisotopic (exact) mass is 184 g/mol. The normalized spacial score (nSPS) is 12.5. The van der Waals surface area contributed by atoms with Crippen LogP contribution in [0.25, 0.3) is 0 Å². The fourth-order valence-electron chi connectivity index (χ4n) is 0.712. The molecule has 0 aliphatic carbocycles. The molecule has 0 aromatic heterocycles. The molecule has 0 saturated carbocycles. The van der Waals surface area contributed by atoms with E-state index < -0.39 is 5.97 Å². The summed E-state index contributed by atoms with van der Waals surface area (Å²) >= 11 is 0. The minimum atomic E-state index is -0.569. The molecule has 0 spiro atoms. The minimum Gasteiger partial charge on any atom is -0.512 e. The number of esters is 1. The van der Waals surface area contributed by atoms with Crippen molar-refractivity contribution < 1.29 is 19.4 Å². The van der Waals surface area contributed by atoms with E-state index in [2.05, 4.69) is 4.74 Å². The molecular weight excluding hydrogens is 172 g/mol. The van der Waals surface area contributed by atoms with Gasteiger partial charge in [-0.15, -0.1) is 0 Å². The van der Waals surface area contributed by atoms with Gasteiger partial charge in [0.25, 0.3) is 0 Å². The minimum absolute atomic E-state index is 0.102. The van der Waals surface area contributed by atoms with Crippen molar-refractivity contribution in [1.82, 2.24) is 0 Å². The largest absolute Gasteiger partial charge is 0.512 e. The number of carbonyl (C=O) groups excluding carboxylic acids is 2. The Morgan fingerprint density at radius 3 is 2.08 bits per heavy atom. The van der Waals surface area contributed by atoms with Crippen LogP contribution in [-0.2, 0) is 14.3 Å². The number of ketones is 1. The van der Waals surface area contributed by atoms with Gasteiger partial charge in [-0.05, 0) is 19.9 Å². The zero-order valence-electron chi connectivity index (χ0n) is 7.83. The van der Waals surface area contributed by atoms with Crippen molar-refractivity contribution >= 4 is 11.8 Å². The summed E-state index contributed by atoms with van der Waals surface area (Å²) in [7, 11) is 1.23. The second-order valence-electron chi connectivity index (χ2n) is 2.41. The number of carbonyl (C=O) groups is 2. The van der Waals surface area contributed by atoms with Crippen LogP contribution in [0, 0.1) is 0 Å². The predicted octanol–water partition coefficient (Wildman–Crippen LogP) is 1.14. The van der Waals surface area contributed by atoms with E-state index in [0.717, 1.165) is 6.08 Å². The van der Waals surface area contributed by atoms with Crippen molar-refractivity contribution in [3.05, 3.63) is 23.5 Å². The molecule has 0 unspecified atom stereocenters. The van der Waals surface area contributed by atoms with E-state index in [0.29, 0.717) is 0 Å². The lowest BCUT2D eigenvalue weighted by atomic mass is 10.1. The summed E-state index contributed by atoms with van der Waals surface area (Å²) in [5.74, 6) is -0.993. The lowest BCUT2D eigenvalue weighted by Crippen LogP contribution is -1.99. The highest BCUT2D eigenvalue weighted by molar-refractivity contribution is 5.98. The number of hydrogen-bond donors (Lipinski definition) is 1. The van der Waals surface area contributed by atoms with Crippen LogP contribution in [0.5, 0.6) is 0 Å². The molecule has 4 nitrogen and oxygen atoms in total. The molecule has 0 aliphatic rings. The standard InChI is InChI=1S/C9H12O4/c1-6(10)8(7(2)11)4-5-9(12)13-3/h4-5,10H,1-3H3/b5-4+,8-6+. The van der Waals surface area contributed by atoms with Gasteiger partial charge in [-0.25, -0.2) is 4.79 Å². The summed E-state index contributed by atoms with van der Waals surface area (Å²) in [5.41, 5.74) is 0.102. The van der Waals surface area contributed by atoms with Gasteiger partial charge in [0.2, 0.25) is 0 Å². The molecule has 0 bridgehead atoms. The zero-order chi connectivity index (χ0) is 10.4. The number of methoxy groups -OCH3 is 1. The van der Waals surface area contributed by atoms with Crippen LogP contribution < -0.4 is 0 Å². The highest BCUT2D eigenvalue weighted by Crippen LogP contribution is 2.04. The van der Waals surface area contributed by atoms with Crippen LogP contribution in [0.4, 0.5) is 0 Å². The third-order valence-electron chi connectivity index (χ3n) is 1.36. The average molecular weight is 184 g/mol. The van der Waals surface area contributed by atoms with Crippen molar-refractivity contribution in [2.45, 2.75) is 13.8 Å². The first-order valence-electron chi connectivity index (χ1n) is 3.65. The second kappa shape index (κ2) is 5.13. The van der Waals surface area contributed by atoms with Crippen molar-refractivity contribution in [3.63, 3.8) is 0 Å². The molecule has 72 valence electrons. The van der Waals surface area contributed by atoms with E-state index in [1.807, 2.05) is 0 Å². The number of hydrogen-bond acceptors (Lipinski definition) is 4. The third-order valence-corrected chi connectivity index (χ3v) is 1.36. The molecule has 0 rings (SSSR count). The van der Waals surface area contributed by atoms with E-state index in [1.165, 1.54) is 27.0 Å². The molecule has 0 saturated heterocycles. The molecule has 0 aromatic carbocycles. The smallest absolute Gasteiger partial charge is 0.330 e. The maximum absolute atomic E-state index is 10.9. The van der Waals surface area contributed by atoms with Crippen LogP contribution in [-0.4, -0.2) is 24.0 Å². The summed E-state index contributed by atoms with van der Waals surface area (Å²) in [6.45, 7) is 2.68. The highest BCUT2D eigenvalue weighted by atomic mass is 16.5. The van der Waals surface area contributed by atoms with Gasteiger partial charge in [-0.3, -0.25) is 4.79 Å². The molecule has 0 heterocycles. The molecule has 0 fully saturated rings. The Morgan fingerprint density at radius 1 is 1.23 bits per heavy atom. The average Bonchev–Trinajstić information content (AvgIpc) is 2.03. The van der Waals surface area contributed by atoms with Crippen molar-refractivity contribution in [1.29, 1.82) is 0 Å². The molecule has 13 heavy (non-hydrogen) atoms. The highest BCUT2D eigenvalue weighted by Gasteiger charge is 2.04. The fourth-order valence-corrected chi connectivity index (χ4v) is 0.712. The number of Topliss-reactive ketones (excluding diaryl/α,β-unsaturated/α-hetero) is 1. The van der Waals surface area contributed by atoms with E-state index >= 15 is 0 Å². The van der Waals surface area contributed by atoms with Crippen LogP contribution in [0.15, 0.2) is 23.5 Å². The molecule has 0 atom stereocenters. The van der Waals surface area contributed by atoms with Crippen LogP contribution in [0.3, 0.4) is 0 Å². The third kappa shape index (κ3) is 4.10. The summed E-state index contributed by atoms with van der Waals surface area (Å²) in [5, 5.41) is 9.02. The van der Waals surface area contributed by atoms with Gasteiger partial charge < -0.3 is 9.84 Å². The van der Waals surface area contributed by atoms with E-state index in [4.69, 9.17) is 5.11 Å². The lowest BCUT2D eigenvalue weighted by molar-refractivity contribution is -0.134. The molecule has 4 heteroatoms. The predicted molar refractivity (Wildman–Crippen MR) is 47.2 cm³/mol. The lowest BCUT2D eigenvalue weighted by Gasteiger charge is -1.97. The van der Waals surface area contributed by atoms with Gasteiger partial charge in [-0.1, -0.05) is 0 Å². The Morgan fingerprint density at radius 2 is 1.77 bits per heavy atom. The first-order chi connectivity index (χ1) is 5.99. The Bertz CT molecular complexity index is 269. The summed E-state index contributed by atoms with van der Waals surface area (Å²) < 4.78 is 4.32. The molecule has 0 aliphatic heterocycles. The number of rotatable bonds is 3. The van der Waals surface area contributed by atoms with Crippen LogP contribution in [0.2, 0.25) is 0 Å². The Labute approximate surface area is 76.5 Å². The first kappa shape index (κ1) is 11.4.